The Hall–Kier alpha value is -1.34. The van der Waals surface area contributed by atoms with Crippen molar-refractivity contribution in [2.75, 3.05) is 19.6 Å². The van der Waals surface area contributed by atoms with E-state index in [1.54, 1.807) is 6.08 Å². The lowest BCUT2D eigenvalue weighted by atomic mass is 10.0. The summed E-state index contributed by atoms with van der Waals surface area (Å²) in [7, 11) is 0. The standard InChI is InChI=1S/C11H16N2O2/c1-2-7-13(8-10(14)15)9-11(3-4-11)5-6-12/h2H,1,3-5,7-9H2,(H,14,15). The molecule has 15 heavy (non-hydrogen) atoms. The number of nitrogens with zero attached hydrogens (tertiary/aromatic N) is 2. The molecule has 0 spiro atoms. The summed E-state index contributed by atoms with van der Waals surface area (Å²) in [5.41, 5.74) is 0.0627. The third-order valence-electron chi connectivity index (χ3n) is 2.72. The molecule has 0 aliphatic heterocycles. The van der Waals surface area contributed by atoms with Crippen LogP contribution < -0.4 is 0 Å². The smallest absolute Gasteiger partial charge is 0.317 e. The number of aliphatic carboxylic acids is 1. The van der Waals surface area contributed by atoms with Crippen LogP contribution in [0.25, 0.3) is 0 Å². The van der Waals surface area contributed by atoms with Gasteiger partial charge >= 0.3 is 5.97 Å². The Labute approximate surface area is 89.8 Å². The van der Waals surface area contributed by atoms with Crippen LogP contribution in [0.15, 0.2) is 12.7 Å². The van der Waals surface area contributed by atoms with E-state index in [0.717, 1.165) is 12.8 Å². The zero-order valence-corrected chi connectivity index (χ0v) is 8.78. The highest BCUT2D eigenvalue weighted by atomic mass is 16.4. The lowest BCUT2D eigenvalue weighted by Crippen LogP contribution is -2.35. The zero-order chi connectivity index (χ0) is 11.3. The van der Waals surface area contributed by atoms with Crippen LogP contribution in [0, 0.1) is 16.7 Å². The van der Waals surface area contributed by atoms with Gasteiger partial charge in [-0.25, -0.2) is 0 Å². The van der Waals surface area contributed by atoms with Crippen molar-refractivity contribution in [3.8, 4) is 6.07 Å². The molecule has 0 aromatic heterocycles. The summed E-state index contributed by atoms with van der Waals surface area (Å²) in [6.07, 6.45) is 4.30. The molecule has 0 aromatic carbocycles. The van der Waals surface area contributed by atoms with Crippen LogP contribution in [0.2, 0.25) is 0 Å². The van der Waals surface area contributed by atoms with Crippen molar-refractivity contribution in [2.45, 2.75) is 19.3 Å². The van der Waals surface area contributed by atoms with E-state index in [2.05, 4.69) is 12.6 Å². The van der Waals surface area contributed by atoms with E-state index < -0.39 is 5.97 Å². The topological polar surface area (TPSA) is 64.3 Å². The summed E-state index contributed by atoms with van der Waals surface area (Å²) in [6.45, 7) is 4.89. The van der Waals surface area contributed by atoms with Crippen molar-refractivity contribution < 1.29 is 9.90 Å². The molecule has 4 heteroatoms. The molecule has 1 saturated carbocycles. The zero-order valence-electron chi connectivity index (χ0n) is 8.78. The molecule has 0 saturated heterocycles. The van der Waals surface area contributed by atoms with Crippen molar-refractivity contribution in [2.24, 2.45) is 5.41 Å². The Bertz CT molecular complexity index is 289. The van der Waals surface area contributed by atoms with Crippen LogP contribution in [0.5, 0.6) is 0 Å². The van der Waals surface area contributed by atoms with Gasteiger partial charge in [-0.15, -0.1) is 6.58 Å². The first-order valence-corrected chi connectivity index (χ1v) is 5.04. The fourth-order valence-electron chi connectivity index (χ4n) is 1.77. The van der Waals surface area contributed by atoms with Crippen LogP contribution in [0.4, 0.5) is 0 Å². The molecule has 0 heterocycles. The molecule has 0 aromatic rings. The summed E-state index contributed by atoms with van der Waals surface area (Å²) in [6, 6.07) is 2.17. The lowest BCUT2D eigenvalue weighted by molar-refractivity contribution is -0.138. The van der Waals surface area contributed by atoms with Crippen LogP contribution in [-0.4, -0.2) is 35.6 Å². The highest BCUT2D eigenvalue weighted by molar-refractivity contribution is 5.69. The first-order chi connectivity index (χ1) is 7.12. The third-order valence-corrected chi connectivity index (χ3v) is 2.72. The van der Waals surface area contributed by atoms with Gasteiger partial charge in [0.05, 0.1) is 12.6 Å². The number of carboxylic acid groups (broad SMARTS) is 1. The minimum absolute atomic E-state index is 0.0270. The van der Waals surface area contributed by atoms with Gasteiger partial charge in [0.25, 0.3) is 0 Å². The molecule has 1 rings (SSSR count). The lowest BCUT2D eigenvalue weighted by Gasteiger charge is -2.23. The number of nitriles is 1. The monoisotopic (exact) mass is 208 g/mol. The minimum Gasteiger partial charge on any atom is -0.480 e. The Morgan fingerprint density at radius 2 is 2.33 bits per heavy atom. The van der Waals surface area contributed by atoms with Crippen molar-refractivity contribution >= 4 is 5.97 Å². The fourth-order valence-corrected chi connectivity index (χ4v) is 1.77. The quantitative estimate of drug-likeness (QED) is 0.639. The molecule has 1 N–H and O–H groups in total. The van der Waals surface area contributed by atoms with Crippen molar-refractivity contribution in [1.82, 2.24) is 4.90 Å². The largest absolute Gasteiger partial charge is 0.480 e. The Morgan fingerprint density at radius 1 is 1.67 bits per heavy atom. The average Bonchev–Trinajstić information content (AvgIpc) is 2.84. The summed E-state index contributed by atoms with van der Waals surface area (Å²) < 4.78 is 0. The molecule has 0 amide bonds. The first-order valence-electron chi connectivity index (χ1n) is 5.04. The maximum absolute atomic E-state index is 10.6. The maximum Gasteiger partial charge on any atom is 0.317 e. The molecule has 0 atom stereocenters. The van der Waals surface area contributed by atoms with Gasteiger partial charge in [-0.3, -0.25) is 9.69 Å². The molecule has 0 unspecified atom stereocenters. The van der Waals surface area contributed by atoms with Crippen LogP contribution in [0.1, 0.15) is 19.3 Å². The summed E-state index contributed by atoms with van der Waals surface area (Å²) in [5.74, 6) is -0.829. The van der Waals surface area contributed by atoms with Gasteiger partial charge < -0.3 is 5.11 Å². The van der Waals surface area contributed by atoms with Crippen LogP contribution in [0.3, 0.4) is 0 Å². The Balaban J connectivity index is 2.47. The number of hydrogen-bond acceptors (Lipinski definition) is 3. The first kappa shape index (κ1) is 11.7. The molecule has 1 aliphatic rings. The third kappa shape index (κ3) is 3.72. The second-order valence-electron chi connectivity index (χ2n) is 4.19. The Morgan fingerprint density at radius 3 is 2.73 bits per heavy atom. The molecular formula is C11H16N2O2. The van der Waals surface area contributed by atoms with E-state index in [9.17, 15) is 4.79 Å². The summed E-state index contributed by atoms with van der Waals surface area (Å²) in [5, 5.41) is 17.4. The van der Waals surface area contributed by atoms with Gasteiger partial charge in [0, 0.05) is 19.5 Å². The van der Waals surface area contributed by atoms with Gasteiger partial charge in [-0.05, 0) is 18.3 Å². The number of hydrogen-bond donors (Lipinski definition) is 1. The average molecular weight is 208 g/mol. The highest BCUT2D eigenvalue weighted by Crippen LogP contribution is 2.49. The van der Waals surface area contributed by atoms with Crippen molar-refractivity contribution in [3.63, 3.8) is 0 Å². The van der Waals surface area contributed by atoms with E-state index in [1.807, 2.05) is 4.90 Å². The molecule has 0 radical (unpaired) electrons. The number of rotatable bonds is 7. The second kappa shape index (κ2) is 4.94. The van der Waals surface area contributed by atoms with E-state index in [0.29, 0.717) is 19.5 Å². The van der Waals surface area contributed by atoms with Gasteiger partial charge in [0.2, 0.25) is 0 Å². The van der Waals surface area contributed by atoms with Crippen molar-refractivity contribution in [3.05, 3.63) is 12.7 Å². The second-order valence-corrected chi connectivity index (χ2v) is 4.19. The van der Waals surface area contributed by atoms with Gasteiger partial charge in [-0.2, -0.15) is 5.26 Å². The van der Waals surface area contributed by atoms with E-state index in [4.69, 9.17) is 10.4 Å². The SMILES string of the molecule is C=CCN(CC(=O)O)CC1(CC#N)CC1. The van der Waals surface area contributed by atoms with Gasteiger partial charge in [0.15, 0.2) is 0 Å². The van der Waals surface area contributed by atoms with Crippen LogP contribution >= 0.6 is 0 Å². The van der Waals surface area contributed by atoms with Crippen LogP contribution in [-0.2, 0) is 4.79 Å². The molecule has 0 bridgehead atoms. The van der Waals surface area contributed by atoms with E-state index in [1.165, 1.54) is 0 Å². The number of carbonyl (C=O) groups is 1. The molecule has 4 nitrogen and oxygen atoms in total. The van der Waals surface area contributed by atoms with E-state index in [-0.39, 0.29) is 12.0 Å². The predicted octanol–water partition coefficient (Wildman–Crippen LogP) is 1.25. The van der Waals surface area contributed by atoms with E-state index >= 15 is 0 Å². The van der Waals surface area contributed by atoms with Gasteiger partial charge in [0.1, 0.15) is 0 Å². The highest BCUT2D eigenvalue weighted by Gasteiger charge is 2.43. The summed E-state index contributed by atoms with van der Waals surface area (Å²) in [4.78, 5) is 12.4. The van der Waals surface area contributed by atoms with Gasteiger partial charge in [-0.1, -0.05) is 6.08 Å². The minimum atomic E-state index is -0.829. The fraction of sp³-hybridized carbons (Fsp3) is 0.636. The maximum atomic E-state index is 10.6. The molecule has 1 aliphatic carbocycles. The molecular weight excluding hydrogens is 192 g/mol. The molecule has 82 valence electrons. The summed E-state index contributed by atoms with van der Waals surface area (Å²) >= 11 is 0. The van der Waals surface area contributed by atoms with Crippen molar-refractivity contribution in [1.29, 1.82) is 5.26 Å². The normalized spacial score (nSPS) is 17.1. The molecule has 1 fully saturated rings. The predicted molar refractivity (Wildman–Crippen MR) is 56.2 cm³/mol. The Kier molecular flexibility index (Phi) is 3.87. The number of carboxylic acids is 1.